The summed E-state index contributed by atoms with van der Waals surface area (Å²) in [5, 5.41) is 3.29. The molecule has 4 nitrogen and oxygen atoms in total. The minimum atomic E-state index is -3.80. The third kappa shape index (κ3) is 10.2. The van der Waals surface area contributed by atoms with E-state index in [0.29, 0.717) is 13.0 Å². The molecular weight excluding hydrogens is 214 g/mol. The molecule has 2 N–H and O–H groups in total. The van der Waals surface area contributed by atoms with Gasteiger partial charge >= 0.3 is 0 Å². The van der Waals surface area contributed by atoms with Crippen molar-refractivity contribution in [2.75, 3.05) is 12.3 Å². The summed E-state index contributed by atoms with van der Waals surface area (Å²) in [6, 6.07) is 0. The topological polar surface area (TPSA) is 66.4 Å². The Morgan fingerprint density at radius 2 is 1.87 bits per heavy atom. The largest absolute Gasteiger partial charge is 0.312 e. The highest BCUT2D eigenvalue weighted by atomic mass is 32.2. The molecule has 0 heterocycles. The Labute approximate surface area is 93.2 Å². The van der Waals surface area contributed by atoms with Crippen LogP contribution in [0.1, 0.15) is 46.5 Å². The first kappa shape index (κ1) is 14.9. The van der Waals surface area contributed by atoms with E-state index in [1.54, 1.807) is 0 Å². The monoisotopic (exact) mass is 237 g/mol. The highest BCUT2D eigenvalue weighted by Crippen LogP contribution is 2.12. The minimum Gasteiger partial charge on any atom is -0.312 e. The van der Waals surface area contributed by atoms with Crippen LogP contribution in [0, 0.1) is 0 Å². The number of unbranched alkanes of at least 4 members (excludes halogenated alkanes) is 1. The molecule has 92 valence electrons. The van der Waals surface area contributed by atoms with Gasteiger partial charge in [-0.15, -0.1) is 0 Å². The standard InChI is InChI=1S/C10H23NO3S/c1-4-5-7-10(2,3)11-8-6-9-15(12,13)14/h11H,4-9H2,1-3H3,(H,12,13,14). The lowest BCUT2D eigenvalue weighted by Gasteiger charge is -2.26. The van der Waals surface area contributed by atoms with E-state index in [1.165, 1.54) is 0 Å². The van der Waals surface area contributed by atoms with E-state index in [9.17, 15) is 8.42 Å². The summed E-state index contributed by atoms with van der Waals surface area (Å²) in [6.45, 7) is 6.98. The molecule has 0 saturated heterocycles. The number of rotatable bonds is 8. The van der Waals surface area contributed by atoms with Gasteiger partial charge in [-0.05, 0) is 33.2 Å². The number of hydrogen-bond acceptors (Lipinski definition) is 3. The van der Waals surface area contributed by atoms with Gasteiger partial charge in [0.15, 0.2) is 0 Å². The van der Waals surface area contributed by atoms with E-state index in [4.69, 9.17) is 4.55 Å². The lowest BCUT2D eigenvalue weighted by molar-refractivity contribution is 0.352. The van der Waals surface area contributed by atoms with Crippen molar-refractivity contribution in [3.8, 4) is 0 Å². The Hall–Kier alpha value is -0.130. The smallest absolute Gasteiger partial charge is 0.264 e. The van der Waals surface area contributed by atoms with Crippen molar-refractivity contribution in [3.05, 3.63) is 0 Å². The Bertz CT molecular complexity index is 260. The molecule has 15 heavy (non-hydrogen) atoms. The van der Waals surface area contributed by atoms with E-state index in [1.807, 2.05) is 0 Å². The molecule has 0 rings (SSSR count). The van der Waals surface area contributed by atoms with Crippen LogP contribution in [0.15, 0.2) is 0 Å². The SMILES string of the molecule is CCCCC(C)(C)NCCCS(=O)(=O)O. The Morgan fingerprint density at radius 3 is 2.33 bits per heavy atom. The average Bonchev–Trinajstić information content (AvgIpc) is 2.08. The predicted octanol–water partition coefficient (Wildman–Crippen LogP) is 1.82. The fourth-order valence-electron chi connectivity index (χ4n) is 1.39. The Morgan fingerprint density at radius 1 is 1.27 bits per heavy atom. The normalized spacial score (nSPS) is 13.1. The molecule has 0 aliphatic rings. The summed E-state index contributed by atoms with van der Waals surface area (Å²) < 4.78 is 29.4. The molecular formula is C10H23NO3S. The first-order chi connectivity index (χ1) is 6.77. The summed E-state index contributed by atoms with van der Waals surface area (Å²) >= 11 is 0. The van der Waals surface area contributed by atoms with Crippen LogP contribution in [0.2, 0.25) is 0 Å². The molecule has 0 aromatic carbocycles. The summed E-state index contributed by atoms with van der Waals surface area (Å²) in [5.74, 6) is -0.163. The predicted molar refractivity (Wildman–Crippen MR) is 62.6 cm³/mol. The van der Waals surface area contributed by atoms with Crippen LogP contribution in [0.4, 0.5) is 0 Å². The minimum absolute atomic E-state index is 0.0508. The Kier molecular flexibility index (Phi) is 6.40. The van der Waals surface area contributed by atoms with Crippen molar-refractivity contribution in [2.45, 2.75) is 52.0 Å². The van der Waals surface area contributed by atoms with Crippen LogP contribution in [0.3, 0.4) is 0 Å². The zero-order valence-corrected chi connectivity index (χ0v) is 10.7. The highest BCUT2D eigenvalue weighted by Gasteiger charge is 2.15. The lowest BCUT2D eigenvalue weighted by Crippen LogP contribution is -2.40. The van der Waals surface area contributed by atoms with Crippen molar-refractivity contribution in [3.63, 3.8) is 0 Å². The second-order valence-electron chi connectivity index (χ2n) is 4.55. The maximum absolute atomic E-state index is 10.5. The Balaban J connectivity index is 3.66. The van der Waals surface area contributed by atoms with Gasteiger partial charge in [-0.1, -0.05) is 19.8 Å². The molecule has 0 aromatic heterocycles. The third-order valence-corrected chi connectivity index (χ3v) is 3.14. The van der Waals surface area contributed by atoms with Crippen LogP contribution in [0.5, 0.6) is 0 Å². The van der Waals surface area contributed by atoms with E-state index in [0.717, 1.165) is 19.3 Å². The van der Waals surface area contributed by atoms with Crippen LogP contribution < -0.4 is 5.32 Å². The fourth-order valence-corrected chi connectivity index (χ4v) is 1.90. The van der Waals surface area contributed by atoms with Crippen molar-refractivity contribution < 1.29 is 13.0 Å². The van der Waals surface area contributed by atoms with Gasteiger partial charge < -0.3 is 5.32 Å². The van der Waals surface area contributed by atoms with Gasteiger partial charge in [0.05, 0.1) is 5.75 Å². The number of hydrogen-bond donors (Lipinski definition) is 2. The molecule has 0 aliphatic carbocycles. The van der Waals surface area contributed by atoms with E-state index < -0.39 is 10.1 Å². The van der Waals surface area contributed by atoms with E-state index in [-0.39, 0.29) is 11.3 Å². The second-order valence-corrected chi connectivity index (χ2v) is 6.13. The van der Waals surface area contributed by atoms with Gasteiger partial charge in [-0.25, -0.2) is 0 Å². The van der Waals surface area contributed by atoms with Gasteiger partial charge in [0.2, 0.25) is 0 Å². The molecule has 5 heteroatoms. The quantitative estimate of drug-likeness (QED) is 0.499. The molecule has 0 fully saturated rings. The zero-order valence-electron chi connectivity index (χ0n) is 9.91. The first-order valence-electron chi connectivity index (χ1n) is 5.47. The molecule has 0 unspecified atom stereocenters. The van der Waals surface area contributed by atoms with Crippen LogP contribution in [-0.2, 0) is 10.1 Å². The zero-order chi connectivity index (χ0) is 11.9. The van der Waals surface area contributed by atoms with Crippen molar-refractivity contribution in [2.24, 2.45) is 0 Å². The van der Waals surface area contributed by atoms with Crippen LogP contribution in [0.25, 0.3) is 0 Å². The lowest BCUT2D eigenvalue weighted by atomic mass is 9.97. The molecule has 0 bridgehead atoms. The molecule has 0 aromatic rings. The van der Waals surface area contributed by atoms with Crippen LogP contribution >= 0.6 is 0 Å². The first-order valence-corrected chi connectivity index (χ1v) is 7.08. The van der Waals surface area contributed by atoms with E-state index >= 15 is 0 Å². The highest BCUT2D eigenvalue weighted by molar-refractivity contribution is 7.85. The maximum atomic E-state index is 10.5. The molecule has 0 spiro atoms. The molecule has 0 saturated carbocycles. The molecule has 0 atom stereocenters. The van der Waals surface area contributed by atoms with Gasteiger partial charge in [-0.3, -0.25) is 4.55 Å². The summed E-state index contributed by atoms with van der Waals surface area (Å²) in [6.07, 6.45) is 3.86. The molecule has 0 amide bonds. The maximum Gasteiger partial charge on any atom is 0.264 e. The van der Waals surface area contributed by atoms with E-state index in [2.05, 4.69) is 26.1 Å². The van der Waals surface area contributed by atoms with Crippen molar-refractivity contribution in [1.82, 2.24) is 5.32 Å². The van der Waals surface area contributed by atoms with Gasteiger partial charge in [0.1, 0.15) is 0 Å². The fraction of sp³-hybridized carbons (Fsp3) is 1.00. The molecule has 0 radical (unpaired) electrons. The summed E-state index contributed by atoms with van der Waals surface area (Å²) in [5.41, 5.74) is 0.0508. The summed E-state index contributed by atoms with van der Waals surface area (Å²) in [4.78, 5) is 0. The second kappa shape index (κ2) is 6.45. The van der Waals surface area contributed by atoms with Crippen molar-refractivity contribution >= 4 is 10.1 Å². The number of nitrogens with one attached hydrogen (secondary N) is 1. The van der Waals surface area contributed by atoms with Crippen LogP contribution in [-0.4, -0.2) is 30.8 Å². The molecule has 0 aliphatic heterocycles. The third-order valence-electron chi connectivity index (χ3n) is 2.34. The van der Waals surface area contributed by atoms with Gasteiger partial charge in [0, 0.05) is 5.54 Å². The average molecular weight is 237 g/mol. The summed E-state index contributed by atoms with van der Waals surface area (Å²) in [7, 11) is -3.80. The van der Waals surface area contributed by atoms with Crippen molar-refractivity contribution in [1.29, 1.82) is 0 Å². The van der Waals surface area contributed by atoms with Gasteiger partial charge in [0.25, 0.3) is 10.1 Å². The van der Waals surface area contributed by atoms with Gasteiger partial charge in [-0.2, -0.15) is 8.42 Å².